The molecule has 122 valence electrons. The van der Waals surface area contributed by atoms with Gasteiger partial charge in [0.25, 0.3) is 5.56 Å². The van der Waals surface area contributed by atoms with E-state index in [2.05, 4.69) is 15.3 Å². The standard InChI is InChI=1S/C15H23N3O4/c19-13-11(10-17-14(20)18-13)1-5-16-12-2-6-22-15(9-12)3-7-21-8-4-15/h10,12,16H,1-9H2,(H2,17,18,19,20)/t12-/m0/s1. The van der Waals surface area contributed by atoms with Crippen molar-refractivity contribution >= 4 is 0 Å². The molecule has 2 aliphatic rings. The molecule has 1 atom stereocenters. The highest BCUT2D eigenvalue weighted by molar-refractivity contribution is 5.04. The maximum absolute atomic E-state index is 11.6. The Morgan fingerprint density at radius 1 is 1.27 bits per heavy atom. The molecule has 7 heteroatoms. The van der Waals surface area contributed by atoms with E-state index in [1.54, 1.807) is 0 Å². The van der Waals surface area contributed by atoms with Gasteiger partial charge < -0.3 is 19.8 Å². The van der Waals surface area contributed by atoms with Gasteiger partial charge in [0.05, 0.1) is 5.60 Å². The number of aromatic nitrogens is 2. The minimum atomic E-state index is -0.465. The minimum absolute atomic E-state index is 0.0242. The highest BCUT2D eigenvalue weighted by atomic mass is 16.5. The van der Waals surface area contributed by atoms with E-state index in [1.807, 2.05) is 0 Å². The Hall–Kier alpha value is -1.44. The quantitative estimate of drug-likeness (QED) is 0.723. The zero-order valence-corrected chi connectivity index (χ0v) is 12.7. The number of ether oxygens (including phenoxy) is 2. The third kappa shape index (κ3) is 3.66. The summed E-state index contributed by atoms with van der Waals surface area (Å²) in [7, 11) is 0. The van der Waals surface area contributed by atoms with Crippen LogP contribution < -0.4 is 16.6 Å². The molecule has 7 nitrogen and oxygen atoms in total. The fraction of sp³-hybridized carbons (Fsp3) is 0.733. The summed E-state index contributed by atoms with van der Waals surface area (Å²) in [5.74, 6) is 0. The molecule has 2 saturated heterocycles. The van der Waals surface area contributed by atoms with Gasteiger partial charge in [-0.3, -0.25) is 9.78 Å². The minimum Gasteiger partial charge on any atom is -0.381 e. The number of nitrogens with one attached hydrogen (secondary N) is 3. The molecule has 0 unspecified atom stereocenters. The molecule has 3 rings (SSSR count). The van der Waals surface area contributed by atoms with Gasteiger partial charge >= 0.3 is 5.69 Å². The Balaban J connectivity index is 1.51. The Kier molecular flexibility index (Phi) is 4.75. The Bertz CT molecular complexity index is 598. The number of hydrogen-bond acceptors (Lipinski definition) is 5. The van der Waals surface area contributed by atoms with Crippen molar-refractivity contribution in [3.63, 3.8) is 0 Å². The first kappa shape index (κ1) is 15.5. The molecular weight excluding hydrogens is 286 g/mol. The molecule has 0 radical (unpaired) electrons. The molecule has 0 saturated carbocycles. The number of rotatable bonds is 4. The lowest BCUT2D eigenvalue weighted by molar-refractivity contribution is -0.140. The van der Waals surface area contributed by atoms with Crippen LogP contribution in [0.2, 0.25) is 0 Å². The molecule has 0 amide bonds. The van der Waals surface area contributed by atoms with Crippen molar-refractivity contribution in [1.29, 1.82) is 0 Å². The van der Waals surface area contributed by atoms with Gasteiger partial charge in [0, 0.05) is 37.6 Å². The third-order valence-electron chi connectivity index (χ3n) is 4.62. The van der Waals surface area contributed by atoms with Crippen LogP contribution in [0.15, 0.2) is 15.8 Å². The SMILES string of the molecule is O=c1[nH]cc(CCN[C@H]2CCOC3(CCOCC3)C2)c(=O)[nH]1. The second-order valence-corrected chi connectivity index (χ2v) is 6.13. The van der Waals surface area contributed by atoms with Crippen molar-refractivity contribution in [2.24, 2.45) is 0 Å². The third-order valence-corrected chi connectivity index (χ3v) is 4.62. The lowest BCUT2D eigenvalue weighted by atomic mass is 9.84. The molecule has 1 aromatic heterocycles. The molecule has 22 heavy (non-hydrogen) atoms. The van der Waals surface area contributed by atoms with E-state index in [0.29, 0.717) is 24.6 Å². The molecule has 0 aromatic carbocycles. The van der Waals surface area contributed by atoms with Crippen molar-refractivity contribution in [3.8, 4) is 0 Å². The van der Waals surface area contributed by atoms with Crippen LogP contribution in [0.4, 0.5) is 0 Å². The van der Waals surface area contributed by atoms with Crippen LogP contribution in [-0.4, -0.2) is 48.0 Å². The van der Waals surface area contributed by atoms with Crippen LogP contribution in [0.25, 0.3) is 0 Å². The zero-order chi connectivity index (χ0) is 15.4. The molecule has 0 aliphatic carbocycles. The van der Waals surface area contributed by atoms with Crippen molar-refractivity contribution in [3.05, 3.63) is 32.6 Å². The predicted octanol–water partition coefficient (Wildman–Crippen LogP) is -0.0765. The van der Waals surface area contributed by atoms with E-state index in [-0.39, 0.29) is 11.2 Å². The van der Waals surface area contributed by atoms with Crippen molar-refractivity contribution < 1.29 is 9.47 Å². The van der Waals surface area contributed by atoms with Gasteiger partial charge in [0.15, 0.2) is 0 Å². The average molecular weight is 309 g/mol. The van der Waals surface area contributed by atoms with Crippen molar-refractivity contribution in [2.75, 3.05) is 26.4 Å². The molecule has 2 aliphatic heterocycles. The van der Waals surface area contributed by atoms with Crippen molar-refractivity contribution in [1.82, 2.24) is 15.3 Å². The summed E-state index contributed by atoms with van der Waals surface area (Å²) in [6.45, 7) is 3.04. The number of hydrogen-bond donors (Lipinski definition) is 3. The number of aromatic amines is 2. The average Bonchev–Trinajstić information content (AvgIpc) is 2.50. The maximum atomic E-state index is 11.6. The number of H-pyrrole nitrogens is 2. The fourth-order valence-corrected chi connectivity index (χ4v) is 3.33. The maximum Gasteiger partial charge on any atom is 0.325 e. The zero-order valence-electron chi connectivity index (χ0n) is 12.7. The van der Waals surface area contributed by atoms with E-state index in [1.165, 1.54) is 6.20 Å². The van der Waals surface area contributed by atoms with Crippen LogP contribution in [0.5, 0.6) is 0 Å². The lowest BCUT2D eigenvalue weighted by Crippen LogP contribution is -2.50. The van der Waals surface area contributed by atoms with E-state index >= 15 is 0 Å². The van der Waals surface area contributed by atoms with E-state index in [4.69, 9.17) is 9.47 Å². The smallest absolute Gasteiger partial charge is 0.325 e. The molecule has 0 bridgehead atoms. The Labute approximate surface area is 128 Å². The highest BCUT2D eigenvalue weighted by Gasteiger charge is 2.38. The fourth-order valence-electron chi connectivity index (χ4n) is 3.33. The van der Waals surface area contributed by atoms with Crippen LogP contribution in [0.1, 0.15) is 31.2 Å². The van der Waals surface area contributed by atoms with E-state index < -0.39 is 5.69 Å². The molecule has 2 fully saturated rings. The topological polar surface area (TPSA) is 96.2 Å². The summed E-state index contributed by atoms with van der Waals surface area (Å²) in [5.41, 5.74) is -0.199. The van der Waals surface area contributed by atoms with Crippen molar-refractivity contribution in [2.45, 2.75) is 43.7 Å². The summed E-state index contributed by atoms with van der Waals surface area (Å²) in [6.07, 6.45) is 6.00. The first-order valence-electron chi connectivity index (χ1n) is 7.93. The van der Waals surface area contributed by atoms with E-state index in [9.17, 15) is 9.59 Å². The van der Waals surface area contributed by atoms with Gasteiger partial charge in [-0.05, 0) is 38.6 Å². The van der Waals surface area contributed by atoms with Crippen LogP contribution >= 0.6 is 0 Å². The molecule has 1 spiro atoms. The molecule has 1 aromatic rings. The second-order valence-electron chi connectivity index (χ2n) is 6.13. The first-order valence-corrected chi connectivity index (χ1v) is 7.93. The van der Waals surface area contributed by atoms with Gasteiger partial charge in [0.1, 0.15) is 0 Å². The van der Waals surface area contributed by atoms with Gasteiger partial charge in [-0.15, -0.1) is 0 Å². The lowest BCUT2D eigenvalue weighted by Gasteiger charge is -2.43. The second kappa shape index (κ2) is 6.76. The molecule has 3 N–H and O–H groups in total. The summed E-state index contributed by atoms with van der Waals surface area (Å²) in [6, 6.07) is 0.411. The van der Waals surface area contributed by atoms with Crippen LogP contribution in [0.3, 0.4) is 0 Å². The van der Waals surface area contributed by atoms with Crippen LogP contribution in [0, 0.1) is 0 Å². The van der Waals surface area contributed by atoms with Crippen LogP contribution in [-0.2, 0) is 15.9 Å². The molecule has 3 heterocycles. The van der Waals surface area contributed by atoms with Gasteiger partial charge in [-0.2, -0.15) is 0 Å². The normalized spacial score (nSPS) is 24.5. The van der Waals surface area contributed by atoms with Gasteiger partial charge in [0.2, 0.25) is 0 Å². The monoisotopic (exact) mass is 309 g/mol. The predicted molar refractivity (Wildman–Crippen MR) is 81.1 cm³/mol. The van der Waals surface area contributed by atoms with E-state index in [0.717, 1.165) is 45.5 Å². The Morgan fingerprint density at radius 2 is 2.09 bits per heavy atom. The highest BCUT2D eigenvalue weighted by Crippen LogP contribution is 2.34. The first-order chi connectivity index (χ1) is 10.7. The summed E-state index contributed by atoms with van der Waals surface area (Å²) in [4.78, 5) is 27.4. The van der Waals surface area contributed by atoms with Gasteiger partial charge in [-0.1, -0.05) is 0 Å². The van der Waals surface area contributed by atoms with Gasteiger partial charge in [-0.25, -0.2) is 4.79 Å². The summed E-state index contributed by atoms with van der Waals surface area (Å²) < 4.78 is 11.4. The molecular formula is C15H23N3O4. The largest absolute Gasteiger partial charge is 0.381 e. The summed E-state index contributed by atoms with van der Waals surface area (Å²) >= 11 is 0. The Morgan fingerprint density at radius 3 is 2.86 bits per heavy atom. The summed E-state index contributed by atoms with van der Waals surface area (Å²) in [5, 5.41) is 3.52.